The molecule has 1 aliphatic rings. The second-order valence-electron chi connectivity index (χ2n) is 6.93. The van der Waals surface area contributed by atoms with E-state index in [1.54, 1.807) is 4.90 Å². The molecular weight excluding hydrogens is 356 g/mol. The lowest BCUT2D eigenvalue weighted by atomic mass is 9.90. The van der Waals surface area contributed by atoms with Crippen LogP contribution in [0.25, 0.3) is 11.1 Å². The lowest BCUT2D eigenvalue weighted by Gasteiger charge is -2.32. The van der Waals surface area contributed by atoms with E-state index >= 15 is 0 Å². The average Bonchev–Trinajstić information content (AvgIpc) is 3.24. The molecule has 2 aromatic heterocycles. The number of hydrogen-bond acceptors (Lipinski definition) is 4. The van der Waals surface area contributed by atoms with Crippen LogP contribution >= 0.6 is 0 Å². The number of carbonyl (C=O) groups is 1. The van der Waals surface area contributed by atoms with E-state index in [-0.39, 0.29) is 28.7 Å². The summed E-state index contributed by atoms with van der Waals surface area (Å²) in [5.74, 6) is 0.184. The van der Waals surface area contributed by atoms with Crippen LogP contribution in [-0.4, -0.2) is 46.2 Å². The van der Waals surface area contributed by atoms with Crippen LogP contribution in [0, 0.1) is 0 Å². The maximum Gasteiger partial charge on any atom is 0.270 e. The van der Waals surface area contributed by atoms with Gasteiger partial charge < -0.3 is 14.6 Å². The zero-order valence-corrected chi connectivity index (χ0v) is 15.6. The highest BCUT2D eigenvalue weighted by Gasteiger charge is 2.28. The summed E-state index contributed by atoms with van der Waals surface area (Å²) >= 11 is 0. The maximum atomic E-state index is 12.9. The molecule has 1 amide bonds. The van der Waals surface area contributed by atoms with Crippen molar-refractivity contribution in [2.45, 2.75) is 18.8 Å². The summed E-state index contributed by atoms with van der Waals surface area (Å²) in [6, 6.07) is 11.4. The smallest absolute Gasteiger partial charge is 0.270 e. The van der Waals surface area contributed by atoms with Gasteiger partial charge in [0, 0.05) is 42.5 Å². The molecule has 1 fully saturated rings. The van der Waals surface area contributed by atoms with Gasteiger partial charge in [-0.3, -0.25) is 14.7 Å². The Hall–Kier alpha value is -3.35. The third-order valence-corrected chi connectivity index (χ3v) is 5.20. The van der Waals surface area contributed by atoms with E-state index in [0.29, 0.717) is 13.1 Å². The van der Waals surface area contributed by atoms with Crippen LogP contribution in [0.1, 0.15) is 34.9 Å². The second-order valence-corrected chi connectivity index (χ2v) is 6.93. The number of nitrogens with one attached hydrogen (secondary N) is 2. The molecule has 1 atom stereocenters. The van der Waals surface area contributed by atoms with Crippen molar-refractivity contribution in [3.05, 3.63) is 70.4 Å². The molecule has 0 bridgehead atoms. The van der Waals surface area contributed by atoms with Crippen LogP contribution in [0.15, 0.2) is 53.6 Å². The summed E-state index contributed by atoms with van der Waals surface area (Å²) in [5.41, 5.74) is 3.19. The van der Waals surface area contributed by atoms with Crippen LogP contribution < -0.4 is 10.2 Å². The first-order chi connectivity index (χ1) is 13.7. The number of hydrogen-bond donors (Lipinski definition) is 2. The molecule has 0 saturated carbocycles. The van der Waals surface area contributed by atoms with Gasteiger partial charge in [-0.05, 0) is 18.4 Å². The molecule has 3 heterocycles. The summed E-state index contributed by atoms with van der Waals surface area (Å²) in [6.07, 6.45) is 5.14. The minimum absolute atomic E-state index is 0.167. The number of methoxy groups -OCH3 is 1. The minimum atomic E-state index is -0.307. The van der Waals surface area contributed by atoms with Gasteiger partial charge in [-0.15, -0.1) is 0 Å². The minimum Gasteiger partial charge on any atom is -0.491 e. The fourth-order valence-electron chi connectivity index (χ4n) is 3.76. The highest BCUT2D eigenvalue weighted by atomic mass is 16.5. The molecule has 0 unspecified atom stereocenters. The Balaban J connectivity index is 1.56. The number of benzene rings is 1. The molecule has 28 heavy (non-hydrogen) atoms. The Morgan fingerprint density at radius 1 is 1.29 bits per heavy atom. The molecule has 3 aromatic rings. The van der Waals surface area contributed by atoms with Crippen LogP contribution in [-0.2, 0) is 0 Å². The number of piperidine rings is 1. The number of ether oxygens (including phenoxy) is 1. The van der Waals surface area contributed by atoms with Crippen molar-refractivity contribution in [2.24, 2.45) is 0 Å². The number of carbonyl (C=O) groups excluding carboxylic acids is 1. The Morgan fingerprint density at radius 3 is 2.86 bits per heavy atom. The molecule has 2 N–H and O–H groups in total. The van der Waals surface area contributed by atoms with E-state index in [0.717, 1.165) is 29.7 Å². The first-order valence-corrected chi connectivity index (χ1v) is 9.32. The third kappa shape index (κ3) is 3.43. The van der Waals surface area contributed by atoms with Crippen LogP contribution in [0.5, 0.6) is 5.75 Å². The molecular formula is C21H22N4O3. The van der Waals surface area contributed by atoms with E-state index in [1.807, 2.05) is 24.4 Å². The predicted molar refractivity (Wildman–Crippen MR) is 106 cm³/mol. The lowest BCUT2D eigenvalue weighted by Crippen LogP contribution is -2.40. The monoisotopic (exact) mass is 378 g/mol. The summed E-state index contributed by atoms with van der Waals surface area (Å²) in [4.78, 5) is 29.6. The number of aromatic amines is 2. The van der Waals surface area contributed by atoms with E-state index in [2.05, 4.69) is 27.3 Å². The summed E-state index contributed by atoms with van der Waals surface area (Å²) in [6.45, 7) is 1.24. The van der Waals surface area contributed by atoms with Crippen molar-refractivity contribution in [2.75, 3.05) is 20.2 Å². The predicted octanol–water partition coefficient (Wildman–Crippen LogP) is 2.79. The summed E-state index contributed by atoms with van der Waals surface area (Å²) in [5, 5.41) is 7.38. The van der Waals surface area contributed by atoms with Gasteiger partial charge >= 0.3 is 0 Å². The topological polar surface area (TPSA) is 91.1 Å². The standard InChI is InChI=1S/C21H22N4O3/c1-28-19-12-22-17(10-18(19)26)21(27)25-9-5-8-15(13-25)20-16(11-23-24-20)14-6-3-2-4-7-14/h2-4,6-7,10-12,15H,5,8-9,13H2,1H3,(H,22,26)(H,23,24)/t15-/m1/s1. The molecule has 4 rings (SSSR count). The van der Waals surface area contributed by atoms with Crippen LogP contribution in [0.4, 0.5) is 0 Å². The normalized spacial score (nSPS) is 16.8. The van der Waals surface area contributed by atoms with E-state index < -0.39 is 0 Å². The van der Waals surface area contributed by atoms with Gasteiger partial charge in [0.1, 0.15) is 5.69 Å². The molecule has 0 aliphatic carbocycles. The highest BCUT2D eigenvalue weighted by molar-refractivity contribution is 5.92. The van der Waals surface area contributed by atoms with Crippen molar-refractivity contribution in [3.8, 4) is 16.9 Å². The molecule has 0 spiro atoms. The zero-order chi connectivity index (χ0) is 19.5. The third-order valence-electron chi connectivity index (χ3n) is 5.20. The Bertz CT molecular complexity index is 1030. The molecule has 1 aliphatic heterocycles. The largest absolute Gasteiger partial charge is 0.491 e. The molecule has 7 nitrogen and oxygen atoms in total. The number of aromatic nitrogens is 3. The molecule has 1 saturated heterocycles. The van der Waals surface area contributed by atoms with Gasteiger partial charge in [-0.1, -0.05) is 30.3 Å². The second kappa shape index (κ2) is 7.72. The molecule has 0 radical (unpaired) electrons. The van der Waals surface area contributed by atoms with Crippen molar-refractivity contribution in [1.82, 2.24) is 20.1 Å². The average molecular weight is 378 g/mol. The summed E-state index contributed by atoms with van der Waals surface area (Å²) < 4.78 is 4.97. The Labute approximate surface area is 162 Å². The van der Waals surface area contributed by atoms with Gasteiger partial charge in [0.05, 0.1) is 13.3 Å². The van der Waals surface area contributed by atoms with Gasteiger partial charge in [0.25, 0.3) is 5.91 Å². The van der Waals surface area contributed by atoms with Crippen molar-refractivity contribution >= 4 is 5.91 Å². The molecule has 144 valence electrons. The van der Waals surface area contributed by atoms with Crippen LogP contribution in [0.2, 0.25) is 0 Å². The molecule has 1 aromatic carbocycles. The van der Waals surface area contributed by atoms with Crippen molar-refractivity contribution in [1.29, 1.82) is 0 Å². The number of pyridine rings is 1. The number of nitrogens with zero attached hydrogens (tertiary/aromatic N) is 2. The van der Waals surface area contributed by atoms with Crippen molar-refractivity contribution < 1.29 is 9.53 Å². The van der Waals surface area contributed by atoms with E-state index in [1.165, 1.54) is 19.4 Å². The highest BCUT2D eigenvalue weighted by Crippen LogP contribution is 2.33. The maximum absolute atomic E-state index is 12.9. The first kappa shape index (κ1) is 18.0. The van der Waals surface area contributed by atoms with Crippen LogP contribution in [0.3, 0.4) is 0 Å². The number of amides is 1. The Morgan fingerprint density at radius 2 is 2.11 bits per heavy atom. The van der Waals surface area contributed by atoms with E-state index in [9.17, 15) is 9.59 Å². The first-order valence-electron chi connectivity index (χ1n) is 9.32. The van der Waals surface area contributed by atoms with Gasteiger partial charge in [0.15, 0.2) is 5.75 Å². The summed E-state index contributed by atoms with van der Waals surface area (Å²) in [7, 11) is 1.43. The zero-order valence-electron chi connectivity index (χ0n) is 15.6. The SMILES string of the molecule is COc1c[nH]c(C(=O)N2CCC[C@@H](c3[nH]ncc3-c3ccccc3)C2)cc1=O. The number of likely N-dealkylation sites (tertiary alicyclic amines) is 1. The van der Waals surface area contributed by atoms with Gasteiger partial charge in [-0.25, -0.2) is 0 Å². The lowest BCUT2D eigenvalue weighted by molar-refractivity contribution is 0.0700. The van der Waals surface area contributed by atoms with Gasteiger partial charge in [-0.2, -0.15) is 5.10 Å². The van der Waals surface area contributed by atoms with Crippen molar-refractivity contribution in [3.63, 3.8) is 0 Å². The fourth-order valence-corrected chi connectivity index (χ4v) is 3.76. The number of H-pyrrole nitrogens is 2. The quantitative estimate of drug-likeness (QED) is 0.730. The number of rotatable bonds is 4. The fraction of sp³-hybridized carbons (Fsp3) is 0.286. The molecule has 7 heteroatoms. The Kier molecular flexibility index (Phi) is 4.97. The van der Waals surface area contributed by atoms with Gasteiger partial charge in [0.2, 0.25) is 5.43 Å². The van der Waals surface area contributed by atoms with E-state index in [4.69, 9.17) is 4.74 Å².